The fraction of sp³-hybridized carbons (Fsp3) is 0.476. The summed E-state index contributed by atoms with van der Waals surface area (Å²) < 4.78 is 14.5. The van der Waals surface area contributed by atoms with E-state index >= 15 is 0 Å². The lowest BCUT2D eigenvalue weighted by Gasteiger charge is -2.37. The minimum atomic E-state index is -0.323. The monoisotopic (exact) mass is 368 g/mol. The first-order chi connectivity index (χ1) is 13.1. The van der Waals surface area contributed by atoms with E-state index in [1.807, 2.05) is 4.90 Å². The first-order valence-corrected chi connectivity index (χ1v) is 9.83. The Kier molecular flexibility index (Phi) is 5.05. The van der Waals surface area contributed by atoms with Gasteiger partial charge in [-0.25, -0.2) is 14.4 Å². The lowest BCUT2D eigenvalue weighted by Crippen LogP contribution is -2.42. The van der Waals surface area contributed by atoms with Crippen LogP contribution in [0.5, 0.6) is 0 Å². The highest BCUT2D eigenvalue weighted by atomic mass is 19.1. The first kappa shape index (κ1) is 17.9. The molecule has 1 aromatic heterocycles. The molecule has 0 unspecified atom stereocenters. The molecule has 1 aliphatic heterocycles. The third kappa shape index (κ3) is 3.53. The third-order valence-corrected chi connectivity index (χ3v) is 5.81. The largest absolute Gasteiger partial charge is 0.368 e. The van der Waals surface area contributed by atoms with Crippen LogP contribution >= 0.6 is 0 Å². The van der Waals surface area contributed by atoms with Crippen molar-refractivity contribution in [1.29, 1.82) is 0 Å². The Bertz CT molecular complexity index is 835. The van der Waals surface area contributed by atoms with Gasteiger partial charge in [-0.2, -0.15) is 0 Å². The second kappa shape index (κ2) is 7.62. The van der Waals surface area contributed by atoms with E-state index in [-0.39, 0.29) is 29.6 Å². The number of hydrogen-bond donors (Lipinski definition) is 1. The van der Waals surface area contributed by atoms with Crippen molar-refractivity contribution in [2.75, 3.05) is 12.3 Å². The molecule has 0 radical (unpaired) electrons. The van der Waals surface area contributed by atoms with Gasteiger partial charge in [-0.15, -0.1) is 0 Å². The van der Waals surface area contributed by atoms with Crippen LogP contribution in [0.4, 0.5) is 10.3 Å². The van der Waals surface area contributed by atoms with Crippen LogP contribution in [0, 0.1) is 11.7 Å². The number of amides is 1. The molecule has 2 N–H and O–H groups in total. The van der Waals surface area contributed by atoms with Crippen LogP contribution in [-0.2, 0) is 4.79 Å². The zero-order valence-electron chi connectivity index (χ0n) is 15.4. The molecule has 0 spiro atoms. The average molecular weight is 368 g/mol. The van der Waals surface area contributed by atoms with Gasteiger partial charge in [0.1, 0.15) is 5.82 Å². The second-order valence-electron chi connectivity index (χ2n) is 7.53. The standard InChI is InChI=1S/C21H25FN4O/c22-17-10-4-3-9-15(17)16-13-24-21(23)25-19(16)18-11-5-6-12-26(18)20(27)14-7-1-2-8-14/h3-4,9-10,13-14,18H,1-2,5-8,11-12H2,(H2,23,24,25)/t18-/m1/s1. The Morgan fingerprint density at radius 1 is 1.07 bits per heavy atom. The van der Waals surface area contributed by atoms with E-state index in [1.165, 1.54) is 6.07 Å². The minimum absolute atomic E-state index is 0.113. The van der Waals surface area contributed by atoms with E-state index in [9.17, 15) is 9.18 Å². The molecule has 1 aromatic carbocycles. The van der Waals surface area contributed by atoms with Crippen molar-refractivity contribution in [3.8, 4) is 11.1 Å². The summed E-state index contributed by atoms with van der Waals surface area (Å²) in [7, 11) is 0. The Balaban J connectivity index is 1.75. The average Bonchev–Trinajstić information content (AvgIpc) is 3.23. The van der Waals surface area contributed by atoms with Crippen LogP contribution in [0.3, 0.4) is 0 Å². The fourth-order valence-corrected chi connectivity index (χ4v) is 4.44. The number of nitrogens with two attached hydrogens (primary N) is 1. The lowest BCUT2D eigenvalue weighted by atomic mass is 9.92. The molecule has 5 nitrogen and oxygen atoms in total. The highest BCUT2D eigenvalue weighted by molar-refractivity contribution is 5.80. The molecule has 2 aliphatic rings. The van der Waals surface area contributed by atoms with Crippen LogP contribution in [-0.4, -0.2) is 27.3 Å². The zero-order valence-corrected chi connectivity index (χ0v) is 15.4. The van der Waals surface area contributed by atoms with E-state index in [4.69, 9.17) is 5.73 Å². The Morgan fingerprint density at radius 3 is 2.59 bits per heavy atom. The number of carbonyl (C=O) groups is 1. The maximum absolute atomic E-state index is 14.5. The van der Waals surface area contributed by atoms with Crippen LogP contribution < -0.4 is 5.73 Å². The van der Waals surface area contributed by atoms with Crippen molar-refractivity contribution in [3.63, 3.8) is 0 Å². The molecule has 1 saturated heterocycles. The first-order valence-electron chi connectivity index (χ1n) is 9.83. The van der Waals surface area contributed by atoms with E-state index in [0.29, 0.717) is 16.8 Å². The number of nitrogens with zero attached hydrogens (tertiary/aromatic N) is 3. The third-order valence-electron chi connectivity index (χ3n) is 5.81. The molecular weight excluding hydrogens is 343 g/mol. The summed E-state index contributed by atoms with van der Waals surface area (Å²) in [5.74, 6) is 0.163. The molecule has 2 aromatic rings. The number of halogens is 1. The van der Waals surface area contributed by atoms with Crippen molar-refractivity contribution < 1.29 is 9.18 Å². The van der Waals surface area contributed by atoms with E-state index in [1.54, 1.807) is 24.4 Å². The maximum Gasteiger partial charge on any atom is 0.226 e. The SMILES string of the molecule is Nc1ncc(-c2ccccc2F)c([C@H]2CCCCN2C(=O)C2CCCC2)n1. The molecule has 4 rings (SSSR count). The molecule has 2 heterocycles. The van der Waals surface area contributed by atoms with Gasteiger partial charge in [0.05, 0.1) is 11.7 Å². The van der Waals surface area contributed by atoms with E-state index < -0.39 is 0 Å². The quantitative estimate of drug-likeness (QED) is 0.885. The molecule has 6 heteroatoms. The van der Waals surface area contributed by atoms with Crippen LogP contribution in [0.15, 0.2) is 30.5 Å². The summed E-state index contributed by atoms with van der Waals surface area (Å²) in [5.41, 5.74) is 7.61. The van der Waals surface area contributed by atoms with Crippen molar-refractivity contribution in [1.82, 2.24) is 14.9 Å². The van der Waals surface area contributed by atoms with Gasteiger partial charge in [-0.1, -0.05) is 31.0 Å². The van der Waals surface area contributed by atoms with Gasteiger partial charge in [-0.3, -0.25) is 4.79 Å². The molecule has 0 bridgehead atoms. The maximum atomic E-state index is 14.5. The summed E-state index contributed by atoms with van der Waals surface area (Å²) in [6.45, 7) is 0.723. The van der Waals surface area contributed by atoms with Crippen molar-refractivity contribution in [2.45, 2.75) is 51.0 Å². The summed E-state index contributed by atoms with van der Waals surface area (Å²) in [5, 5.41) is 0. The predicted octanol–water partition coefficient (Wildman–Crippen LogP) is 4.11. The predicted molar refractivity (Wildman–Crippen MR) is 102 cm³/mol. The summed E-state index contributed by atoms with van der Waals surface area (Å²) >= 11 is 0. The molecule has 142 valence electrons. The summed E-state index contributed by atoms with van der Waals surface area (Å²) in [4.78, 5) is 23.7. The molecular formula is C21H25FN4O. The van der Waals surface area contributed by atoms with Gasteiger partial charge in [0.25, 0.3) is 0 Å². The molecule has 1 saturated carbocycles. The Labute approximate surface area is 158 Å². The zero-order chi connectivity index (χ0) is 18.8. The van der Waals surface area contributed by atoms with E-state index in [0.717, 1.165) is 51.5 Å². The number of hydrogen-bond acceptors (Lipinski definition) is 4. The van der Waals surface area contributed by atoms with Gasteiger partial charge in [0.15, 0.2) is 0 Å². The molecule has 2 fully saturated rings. The van der Waals surface area contributed by atoms with Gasteiger partial charge >= 0.3 is 0 Å². The fourth-order valence-electron chi connectivity index (χ4n) is 4.44. The number of benzene rings is 1. The highest BCUT2D eigenvalue weighted by Crippen LogP contribution is 2.39. The highest BCUT2D eigenvalue weighted by Gasteiger charge is 2.35. The van der Waals surface area contributed by atoms with Crippen molar-refractivity contribution in [3.05, 3.63) is 42.0 Å². The number of nitrogen functional groups attached to an aromatic ring is 1. The molecule has 1 atom stereocenters. The van der Waals surface area contributed by atoms with Crippen LogP contribution in [0.1, 0.15) is 56.7 Å². The Morgan fingerprint density at radius 2 is 1.81 bits per heavy atom. The minimum Gasteiger partial charge on any atom is -0.368 e. The topological polar surface area (TPSA) is 72.1 Å². The molecule has 1 aliphatic carbocycles. The second-order valence-corrected chi connectivity index (χ2v) is 7.53. The van der Waals surface area contributed by atoms with E-state index in [2.05, 4.69) is 9.97 Å². The Hall–Kier alpha value is -2.50. The van der Waals surface area contributed by atoms with Crippen molar-refractivity contribution >= 4 is 11.9 Å². The smallest absolute Gasteiger partial charge is 0.226 e. The number of anilines is 1. The van der Waals surface area contributed by atoms with Gasteiger partial charge in [0, 0.05) is 29.8 Å². The number of carbonyl (C=O) groups excluding carboxylic acids is 1. The van der Waals surface area contributed by atoms with Gasteiger partial charge < -0.3 is 10.6 Å². The number of piperidine rings is 1. The number of aromatic nitrogens is 2. The molecule has 27 heavy (non-hydrogen) atoms. The summed E-state index contributed by atoms with van der Waals surface area (Å²) in [6, 6.07) is 6.43. The van der Waals surface area contributed by atoms with Crippen LogP contribution in [0.25, 0.3) is 11.1 Å². The van der Waals surface area contributed by atoms with Crippen molar-refractivity contribution in [2.24, 2.45) is 5.92 Å². The van der Waals surface area contributed by atoms with Gasteiger partial charge in [-0.05, 0) is 38.2 Å². The molecule has 1 amide bonds. The van der Waals surface area contributed by atoms with Gasteiger partial charge in [0.2, 0.25) is 11.9 Å². The number of rotatable bonds is 3. The normalized spacial score (nSPS) is 20.8. The summed E-state index contributed by atoms with van der Waals surface area (Å²) in [6.07, 6.45) is 8.58. The lowest BCUT2D eigenvalue weighted by molar-refractivity contribution is -0.139. The number of likely N-dealkylation sites (tertiary alicyclic amines) is 1. The van der Waals surface area contributed by atoms with Crippen LogP contribution in [0.2, 0.25) is 0 Å².